The highest BCUT2D eigenvalue weighted by Crippen LogP contribution is 2.40. The highest BCUT2D eigenvalue weighted by atomic mass is 16.5. The van der Waals surface area contributed by atoms with Gasteiger partial charge in [-0.25, -0.2) is 0 Å². The van der Waals surface area contributed by atoms with E-state index >= 15 is 0 Å². The van der Waals surface area contributed by atoms with Crippen molar-refractivity contribution in [3.05, 3.63) is 42.0 Å². The number of carbonyl (C=O) groups is 1. The van der Waals surface area contributed by atoms with Gasteiger partial charge in [0.05, 0.1) is 5.56 Å². The Morgan fingerprint density at radius 2 is 2.28 bits per heavy atom. The quantitative estimate of drug-likeness (QED) is 0.654. The summed E-state index contributed by atoms with van der Waals surface area (Å²) in [5, 5.41) is 2.87. The number of hydrogen-bond donors (Lipinski definition) is 1. The summed E-state index contributed by atoms with van der Waals surface area (Å²) >= 11 is 0. The molecule has 1 aromatic rings. The molecule has 0 aliphatic carbocycles. The molecule has 1 aromatic carbocycles. The number of fused-ring (bicyclic) bond motifs is 1. The summed E-state index contributed by atoms with van der Waals surface area (Å²) in [5.74, 6) is 1.00. The predicted octanol–water partition coefficient (Wildman–Crippen LogP) is 2.88. The Balaban J connectivity index is 2.20. The number of benzene rings is 1. The third-order valence-corrected chi connectivity index (χ3v) is 3.42. The second kappa shape index (κ2) is 5.25. The number of amides is 1. The Hall–Kier alpha value is -1.77. The fourth-order valence-corrected chi connectivity index (χ4v) is 2.15. The van der Waals surface area contributed by atoms with Crippen LogP contribution in [0.5, 0.6) is 5.75 Å². The number of para-hydroxylation sites is 1. The first-order valence-electron chi connectivity index (χ1n) is 6.33. The molecule has 0 aromatic heterocycles. The first-order chi connectivity index (χ1) is 8.65. The molecule has 1 aliphatic rings. The van der Waals surface area contributed by atoms with E-state index in [0.717, 1.165) is 17.7 Å². The molecule has 0 bridgehead atoms. The average molecular weight is 245 g/mol. The third kappa shape index (κ3) is 2.26. The van der Waals surface area contributed by atoms with Gasteiger partial charge in [-0.3, -0.25) is 4.79 Å². The maximum absolute atomic E-state index is 12.1. The SMILES string of the molecule is C=CCCNC(=O)c1cccc2c1OC(C)C2C. The van der Waals surface area contributed by atoms with Crippen molar-refractivity contribution in [2.45, 2.75) is 32.3 Å². The third-order valence-electron chi connectivity index (χ3n) is 3.42. The van der Waals surface area contributed by atoms with Gasteiger partial charge in [-0.1, -0.05) is 25.1 Å². The molecule has 1 aliphatic heterocycles. The fraction of sp³-hybridized carbons (Fsp3) is 0.400. The van der Waals surface area contributed by atoms with Gasteiger partial charge in [-0.2, -0.15) is 0 Å². The lowest BCUT2D eigenvalue weighted by atomic mass is 9.97. The van der Waals surface area contributed by atoms with E-state index < -0.39 is 0 Å². The second-order valence-corrected chi connectivity index (χ2v) is 4.67. The summed E-state index contributed by atoms with van der Waals surface area (Å²) in [6.45, 7) is 8.39. The second-order valence-electron chi connectivity index (χ2n) is 4.67. The number of hydrogen-bond acceptors (Lipinski definition) is 2. The largest absolute Gasteiger partial charge is 0.489 e. The Labute approximate surface area is 108 Å². The molecule has 3 heteroatoms. The van der Waals surface area contributed by atoms with Crippen molar-refractivity contribution in [2.75, 3.05) is 6.54 Å². The van der Waals surface area contributed by atoms with E-state index in [-0.39, 0.29) is 12.0 Å². The molecule has 3 nitrogen and oxygen atoms in total. The molecule has 2 unspecified atom stereocenters. The molecule has 0 fully saturated rings. The van der Waals surface area contributed by atoms with Crippen molar-refractivity contribution < 1.29 is 9.53 Å². The molecule has 2 atom stereocenters. The molecule has 1 amide bonds. The Kier molecular flexibility index (Phi) is 3.70. The smallest absolute Gasteiger partial charge is 0.255 e. The monoisotopic (exact) mass is 245 g/mol. The number of rotatable bonds is 4. The normalized spacial score (nSPS) is 21.0. The lowest BCUT2D eigenvalue weighted by Crippen LogP contribution is -2.24. The molecular formula is C15H19NO2. The van der Waals surface area contributed by atoms with Crippen molar-refractivity contribution in [3.8, 4) is 5.75 Å². The van der Waals surface area contributed by atoms with E-state index in [1.165, 1.54) is 0 Å². The van der Waals surface area contributed by atoms with E-state index in [2.05, 4.69) is 18.8 Å². The van der Waals surface area contributed by atoms with Gasteiger partial charge >= 0.3 is 0 Å². The van der Waals surface area contributed by atoms with Gasteiger partial charge in [-0.05, 0) is 19.4 Å². The summed E-state index contributed by atoms with van der Waals surface area (Å²) in [4.78, 5) is 12.1. The molecule has 2 rings (SSSR count). The van der Waals surface area contributed by atoms with Crippen LogP contribution in [0.1, 0.15) is 42.1 Å². The number of ether oxygens (including phenoxy) is 1. The van der Waals surface area contributed by atoms with E-state index in [4.69, 9.17) is 4.74 Å². The maximum Gasteiger partial charge on any atom is 0.255 e. The summed E-state index contributed by atoms with van der Waals surface area (Å²) in [7, 11) is 0. The van der Waals surface area contributed by atoms with E-state index in [1.54, 1.807) is 6.08 Å². The minimum atomic E-state index is -0.0741. The predicted molar refractivity (Wildman–Crippen MR) is 72.1 cm³/mol. The summed E-state index contributed by atoms with van der Waals surface area (Å²) in [5.41, 5.74) is 1.76. The van der Waals surface area contributed by atoms with Crippen LogP contribution in [0.15, 0.2) is 30.9 Å². The highest BCUT2D eigenvalue weighted by molar-refractivity contribution is 5.97. The van der Waals surface area contributed by atoms with Crippen LogP contribution in [0.25, 0.3) is 0 Å². The van der Waals surface area contributed by atoms with Gasteiger partial charge in [0.25, 0.3) is 5.91 Å². The summed E-state index contributed by atoms with van der Waals surface area (Å²) in [6.07, 6.45) is 2.69. The Morgan fingerprint density at radius 3 is 3.00 bits per heavy atom. The lowest BCUT2D eigenvalue weighted by Gasteiger charge is -2.09. The minimum Gasteiger partial charge on any atom is -0.489 e. The number of nitrogens with one attached hydrogen (secondary N) is 1. The van der Waals surface area contributed by atoms with Gasteiger partial charge in [0.15, 0.2) is 0 Å². The van der Waals surface area contributed by atoms with Crippen LogP contribution in [0.4, 0.5) is 0 Å². The molecular weight excluding hydrogens is 226 g/mol. The Morgan fingerprint density at radius 1 is 1.50 bits per heavy atom. The van der Waals surface area contributed by atoms with Crippen molar-refractivity contribution >= 4 is 5.91 Å². The molecule has 0 saturated heterocycles. The van der Waals surface area contributed by atoms with Crippen molar-refractivity contribution in [2.24, 2.45) is 0 Å². The first-order valence-corrected chi connectivity index (χ1v) is 6.33. The molecule has 96 valence electrons. The number of carbonyl (C=O) groups excluding carboxylic acids is 1. The molecule has 1 N–H and O–H groups in total. The summed E-state index contributed by atoms with van der Waals surface area (Å²) in [6, 6.07) is 5.76. The van der Waals surface area contributed by atoms with Crippen molar-refractivity contribution in [3.63, 3.8) is 0 Å². The van der Waals surface area contributed by atoms with E-state index in [9.17, 15) is 4.79 Å². The zero-order valence-electron chi connectivity index (χ0n) is 10.9. The van der Waals surface area contributed by atoms with E-state index in [0.29, 0.717) is 18.0 Å². The van der Waals surface area contributed by atoms with Crippen LogP contribution in [-0.2, 0) is 0 Å². The van der Waals surface area contributed by atoms with Gasteiger partial charge in [0.1, 0.15) is 11.9 Å². The average Bonchev–Trinajstić information content (AvgIpc) is 2.66. The van der Waals surface area contributed by atoms with Gasteiger partial charge in [0.2, 0.25) is 0 Å². The maximum atomic E-state index is 12.1. The van der Waals surface area contributed by atoms with Crippen LogP contribution >= 0.6 is 0 Å². The van der Waals surface area contributed by atoms with Gasteiger partial charge in [-0.15, -0.1) is 6.58 Å². The molecule has 1 heterocycles. The van der Waals surface area contributed by atoms with Crippen molar-refractivity contribution in [1.82, 2.24) is 5.32 Å². The van der Waals surface area contributed by atoms with Crippen LogP contribution in [0.2, 0.25) is 0 Å². The summed E-state index contributed by atoms with van der Waals surface area (Å²) < 4.78 is 5.80. The topological polar surface area (TPSA) is 38.3 Å². The lowest BCUT2D eigenvalue weighted by molar-refractivity contribution is 0.0949. The zero-order valence-corrected chi connectivity index (χ0v) is 10.9. The van der Waals surface area contributed by atoms with Gasteiger partial charge in [0, 0.05) is 18.0 Å². The highest BCUT2D eigenvalue weighted by Gasteiger charge is 2.30. The van der Waals surface area contributed by atoms with E-state index in [1.807, 2.05) is 25.1 Å². The Bertz CT molecular complexity index is 468. The molecule has 0 saturated carbocycles. The van der Waals surface area contributed by atoms with Crippen molar-refractivity contribution in [1.29, 1.82) is 0 Å². The standard InChI is InChI=1S/C15H19NO2/c1-4-5-9-16-15(17)13-8-6-7-12-10(2)11(3)18-14(12)13/h4,6-8,10-11H,1,5,9H2,2-3H3,(H,16,17). The zero-order chi connectivity index (χ0) is 13.1. The van der Waals surface area contributed by atoms with Gasteiger partial charge < -0.3 is 10.1 Å². The minimum absolute atomic E-state index is 0.0741. The first kappa shape index (κ1) is 12.7. The fourth-order valence-electron chi connectivity index (χ4n) is 2.15. The molecule has 0 radical (unpaired) electrons. The van der Waals surface area contributed by atoms with Crippen LogP contribution in [0, 0.1) is 0 Å². The van der Waals surface area contributed by atoms with Crippen LogP contribution in [0.3, 0.4) is 0 Å². The van der Waals surface area contributed by atoms with Crippen LogP contribution < -0.4 is 10.1 Å². The molecule has 0 spiro atoms. The molecule has 18 heavy (non-hydrogen) atoms. The van der Waals surface area contributed by atoms with Crippen LogP contribution in [-0.4, -0.2) is 18.6 Å².